The molecule has 0 atom stereocenters. The fourth-order valence-electron chi connectivity index (χ4n) is 3.75. The Balaban J connectivity index is 2.54. The molecule has 1 aromatic carbocycles. The Bertz CT molecular complexity index is 548. The summed E-state index contributed by atoms with van der Waals surface area (Å²) in [5.74, 6) is 3.32. The third-order valence-electron chi connectivity index (χ3n) is 5.02. The fourth-order valence-corrected chi connectivity index (χ4v) is 9.05. The van der Waals surface area contributed by atoms with E-state index in [9.17, 15) is 4.39 Å². The molecule has 132 valence electrons. The first-order valence-electron chi connectivity index (χ1n) is 9.22. The molecule has 0 bridgehead atoms. The molecule has 0 radical (unpaired) electrons. The molecule has 0 aliphatic rings. The molecule has 0 saturated heterocycles. The van der Waals surface area contributed by atoms with Gasteiger partial charge in [-0.25, -0.2) is 4.39 Å². The van der Waals surface area contributed by atoms with Gasteiger partial charge in [-0.05, 0) is 47.2 Å². The minimum Gasteiger partial charge on any atom is -0.207 e. The average molecular weight is 345 g/mol. The van der Waals surface area contributed by atoms with Gasteiger partial charge in [-0.3, -0.25) is 0 Å². The second kappa shape index (κ2) is 9.84. The Hall–Kier alpha value is -1.33. The third kappa shape index (κ3) is 5.63. The van der Waals surface area contributed by atoms with Gasteiger partial charge in [0, 0.05) is 6.42 Å². The topological polar surface area (TPSA) is 0 Å². The molecule has 1 rings (SSSR count). The lowest BCUT2D eigenvalue weighted by atomic mass is 10.1. The fraction of sp³-hybridized carbons (Fsp3) is 0.545. The van der Waals surface area contributed by atoms with Crippen molar-refractivity contribution in [1.29, 1.82) is 0 Å². The largest absolute Gasteiger partial charge is 0.207 e. The molecular weight excluding hydrogens is 311 g/mol. The molecule has 0 aromatic heterocycles. The average Bonchev–Trinajstić information content (AvgIpc) is 2.50. The van der Waals surface area contributed by atoms with E-state index in [1.165, 1.54) is 12.1 Å². The number of halogens is 1. The first kappa shape index (κ1) is 20.7. The van der Waals surface area contributed by atoms with Gasteiger partial charge in [0.1, 0.15) is 13.9 Å². The number of unbranched alkanes of at least 4 members (excludes halogenated alkanes) is 2. The van der Waals surface area contributed by atoms with Crippen LogP contribution in [0.15, 0.2) is 30.3 Å². The summed E-state index contributed by atoms with van der Waals surface area (Å²) in [6, 6.07) is 6.61. The Morgan fingerprint density at radius 1 is 0.958 bits per heavy atom. The quantitative estimate of drug-likeness (QED) is 0.278. The predicted octanol–water partition coefficient (Wildman–Crippen LogP) is 7.23. The summed E-state index contributed by atoms with van der Waals surface area (Å²) in [7, 11) is -1.57. The van der Waals surface area contributed by atoms with Crippen molar-refractivity contribution in [3.8, 4) is 11.5 Å². The van der Waals surface area contributed by atoms with E-state index in [1.807, 2.05) is 0 Å². The van der Waals surface area contributed by atoms with Gasteiger partial charge in [-0.2, -0.15) is 0 Å². The first-order chi connectivity index (χ1) is 11.3. The van der Waals surface area contributed by atoms with Gasteiger partial charge in [0.05, 0.1) is 0 Å². The Morgan fingerprint density at radius 2 is 1.50 bits per heavy atom. The van der Waals surface area contributed by atoms with Gasteiger partial charge in [0.25, 0.3) is 0 Å². The zero-order valence-corrected chi connectivity index (χ0v) is 17.2. The summed E-state index contributed by atoms with van der Waals surface area (Å²) in [6.07, 6.45) is 7.29. The van der Waals surface area contributed by atoms with Gasteiger partial charge in [-0.1, -0.05) is 65.8 Å². The van der Waals surface area contributed by atoms with E-state index in [2.05, 4.69) is 65.2 Å². The zero-order chi connectivity index (χ0) is 18.2. The second-order valence-corrected chi connectivity index (χ2v) is 13.1. The van der Waals surface area contributed by atoms with Crippen LogP contribution >= 0.6 is 0 Å². The van der Waals surface area contributed by atoms with Crippen LogP contribution in [0.3, 0.4) is 0 Å². The number of hydrogen-bond donors (Lipinski definition) is 0. The van der Waals surface area contributed by atoms with E-state index in [1.54, 1.807) is 12.1 Å². The minimum absolute atomic E-state index is 0.185. The first-order valence-corrected chi connectivity index (χ1v) is 11.5. The molecule has 0 amide bonds. The van der Waals surface area contributed by atoms with Gasteiger partial charge >= 0.3 is 0 Å². The molecular formula is C22H33FSi. The van der Waals surface area contributed by atoms with Crippen LogP contribution in [0.1, 0.15) is 66.4 Å². The minimum atomic E-state index is -1.57. The number of hydrogen-bond acceptors (Lipinski definition) is 0. The second-order valence-electron chi connectivity index (χ2n) is 7.55. The van der Waals surface area contributed by atoms with Crippen LogP contribution in [-0.4, -0.2) is 8.07 Å². The highest BCUT2D eigenvalue weighted by Crippen LogP contribution is 2.40. The van der Waals surface area contributed by atoms with E-state index in [0.29, 0.717) is 16.6 Å². The highest BCUT2D eigenvalue weighted by atomic mass is 28.3. The lowest BCUT2D eigenvalue weighted by molar-refractivity contribution is 0.628. The van der Waals surface area contributed by atoms with Crippen molar-refractivity contribution in [3.05, 3.63) is 41.7 Å². The van der Waals surface area contributed by atoms with Gasteiger partial charge in [0.15, 0.2) is 0 Å². The molecule has 2 heteroatoms. The van der Waals surface area contributed by atoms with Crippen molar-refractivity contribution in [2.45, 2.75) is 77.4 Å². The number of rotatable bonds is 7. The molecule has 0 aliphatic carbocycles. The van der Waals surface area contributed by atoms with Crippen LogP contribution in [0.4, 0.5) is 4.39 Å². The predicted molar refractivity (Wildman–Crippen MR) is 108 cm³/mol. The molecule has 0 spiro atoms. The molecule has 24 heavy (non-hydrogen) atoms. The zero-order valence-electron chi connectivity index (χ0n) is 16.2. The summed E-state index contributed by atoms with van der Waals surface area (Å²) in [4.78, 5) is 0. The third-order valence-corrected chi connectivity index (χ3v) is 11.4. The summed E-state index contributed by atoms with van der Waals surface area (Å²) >= 11 is 0. The van der Waals surface area contributed by atoms with Crippen molar-refractivity contribution in [3.63, 3.8) is 0 Å². The SMILES string of the molecule is CC(C)[Si](C#CCCC/C=C/c1ccc(F)cc1)(C(C)C)C(C)C. The Morgan fingerprint density at radius 3 is 2.00 bits per heavy atom. The molecule has 0 nitrogen and oxygen atoms in total. The molecule has 0 saturated carbocycles. The smallest absolute Gasteiger partial charge is 0.145 e. The van der Waals surface area contributed by atoms with Crippen molar-refractivity contribution in [2.75, 3.05) is 0 Å². The molecule has 1 aromatic rings. The molecule has 0 unspecified atom stereocenters. The van der Waals surface area contributed by atoms with Crippen LogP contribution in [0.25, 0.3) is 6.08 Å². The maximum Gasteiger partial charge on any atom is 0.145 e. The van der Waals surface area contributed by atoms with Crippen molar-refractivity contribution in [1.82, 2.24) is 0 Å². The van der Waals surface area contributed by atoms with E-state index in [-0.39, 0.29) is 5.82 Å². The highest BCUT2D eigenvalue weighted by Gasteiger charge is 2.41. The summed E-state index contributed by atoms with van der Waals surface area (Å²) < 4.78 is 12.8. The van der Waals surface area contributed by atoms with E-state index >= 15 is 0 Å². The highest BCUT2D eigenvalue weighted by molar-refractivity contribution is 6.90. The van der Waals surface area contributed by atoms with Crippen molar-refractivity contribution < 1.29 is 4.39 Å². The van der Waals surface area contributed by atoms with Gasteiger partial charge in [-0.15, -0.1) is 11.5 Å². The lowest BCUT2D eigenvalue weighted by Crippen LogP contribution is -2.43. The molecule has 0 aliphatic heterocycles. The standard InChI is InChI=1S/C22H33FSi/c1-18(2)24(19(3)4,20(5)6)17-11-9-7-8-10-12-21-13-15-22(23)16-14-21/h10,12-16,18-20H,7-9H2,1-6H3/b12-10+. The van der Waals surface area contributed by atoms with Crippen molar-refractivity contribution >= 4 is 14.1 Å². The van der Waals surface area contributed by atoms with Crippen molar-refractivity contribution in [2.24, 2.45) is 0 Å². The summed E-state index contributed by atoms with van der Waals surface area (Å²) in [5.41, 5.74) is 6.91. The summed E-state index contributed by atoms with van der Waals surface area (Å²) in [5, 5.41) is 0. The Kier molecular flexibility index (Phi) is 8.49. The van der Waals surface area contributed by atoms with Crippen LogP contribution < -0.4 is 0 Å². The summed E-state index contributed by atoms with van der Waals surface area (Å²) in [6.45, 7) is 14.1. The van der Waals surface area contributed by atoms with Gasteiger partial charge < -0.3 is 0 Å². The molecule has 0 fully saturated rings. The number of allylic oxidation sites excluding steroid dienone is 1. The normalized spacial score (nSPS) is 12.2. The maximum absolute atomic E-state index is 12.8. The van der Waals surface area contributed by atoms with E-state index in [4.69, 9.17) is 0 Å². The van der Waals surface area contributed by atoms with Crippen LogP contribution in [0.5, 0.6) is 0 Å². The molecule has 0 N–H and O–H groups in total. The van der Waals surface area contributed by atoms with Crippen LogP contribution in [-0.2, 0) is 0 Å². The van der Waals surface area contributed by atoms with Gasteiger partial charge in [0.2, 0.25) is 0 Å². The molecule has 0 heterocycles. The van der Waals surface area contributed by atoms with Crippen LogP contribution in [0.2, 0.25) is 16.6 Å². The van der Waals surface area contributed by atoms with E-state index < -0.39 is 8.07 Å². The monoisotopic (exact) mass is 344 g/mol. The Labute approximate surface area is 149 Å². The number of benzene rings is 1. The lowest BCUT2D eigenvalue weighted by Gasteiger charge is -2.38. The van der Waals surface area contributed by atoms with Crippen LogP contribution in [0, 0.1) is 17.3 Å². The van der Waals surface area contributed by atoms with E-state index in [0.717, 1.165) is 24.8 Å². The maximum atomic E-state index is 12.8.